The minimum atomic E-state index is 0.411. The van der Waals surface area contributed by atoms with Crippen LogP contribution in [0.5, 0.6) is 5.88 Å². The molecule has 2 fully saturated rings. The van der Waals surface area contributed by atoms with Gasteiger partial charge >= 0.3 is 0 Å². The van der Waals surface area contributed by atoms with E-state index >= 15 is 0 Å². The quantitative estimate of drug-likeness (QED) is 0.788. The molecule has 2 aliphatic heterocycles. The lowest BCUT2D eigenvalue weighted by atomic mass is 9.78. The van der Waals surface area contributed by atoms with E-state index in [2.05, 4.69) is 9.88 Å². The predicted molar refractivity (Wildman–Crippen MR) is 60.7 cm³/mol. The molecule has 1 spiro atoms. The van der Waals surface area contributed by atoms with Crippen molar-refractivity contribution < 1.29 is 9.47 Å². The van der Waals surface area contributed by atoms with Crippen molar-refractivity contribution in [1.82, 2.24) is 4.98 Å². The number of hydrogen-bond donors (Lipinski definition) is 1. The molecule has 16 heavy (non-hydrogen) atoms. The molecule has 2 saturated heterocycles. The van der Waals surface area contributed by atoms with Crippen LogP contribution in [0.15, 0.2) is 12.3 Å². The zero-order valence-electron chi connectivity index (χ0n) is 9.27. The molecular formula is C11H15N3O2. The molecule has 0 radical (unpaired) electrons. The first kappa shape index (κ1) is 9.72. The summed E-state index contributed by atoms with van der Waals surface area (Å²) in [4.78, 5) is 6.44. The topological polar surface area (TPSA) is 60.6 Å². The molecule has 86 valence electrons. The van der Waals surface area contributed by atoms with Gasteiger partial charge < -0.3 is 20.1 Å². The van der Waals surface area contributed by atoms with Crippen molar-refractivity contribution in [3.8, 4) is 5.88 Å². The number of anilines is 2. The van der Waals surface area contributed by atoms with Crippen LogP contribution in [0, 0.1) is 5.41 Å². The fourth-order valence-electron chi connectivity index (χ4n) is 2.32. The van der Waals surface area contributed by atoms with Gasteiger partial charge in [0.25, 0.3) is 0 Å². The summed E-state index contributed by atoms with van der Waals surface area (Å²) in [6, 6.07) is 1.91. The molecule has 1 aromatic rings. The van der Waals surface area contributed by atoms with Crippen LogP contribution in [0.3, 0.4) is 0 Å². The summed E-state index contributed by atoms with van der Waals surface area (Å²) >= 11 is 0. The Balaban J connectivity index is 1.73. The first-order valence-corrected chi connectivity index (χ1v) is 5.35. The third-order valence-electron chi connectivity index (χ3n) is 3.29. The Morgan fingerprint density at radius 3 is 2.75 bits per heavy atom. The molecule has 1 aromatic heterocycles. The van der Waals surface area contributed by atoms with Crippen LogP contribution in [-0.4, -0.2) is 38.4 Å². The van der Waals surface area contributed by atoms with E-state index in [1.54, 1.807) is 7.11 Å². The SMILES string of the molecule is COc1ncc(N2CC3(COC3)C2)cc1N. The smallest absolute Gasteiger partial charge is 0.236 e. The van der Waals surface area contributed by atoms with Gasteiger partial charge in [0.1, 0.15) is 0 Å². The maximum atomic E-state index is 5.82. The van der Waals surface area contributed by atoms with Gasteiger partial charge in [-0.15, -0.1) is 0 Å². The Kier molecular flexibility index (Phi) is 1.97. The Morgan fingerprint density at radius 1 is 1.50 bits per heavy atom. The number of aromatic nitrogens is 1. The maximum absolute atomic E-state index is 5.82. The molecule has 3 heterocycles. The average molecular weight is 221 g/mol. The van der Waals surface area contributed by atoms with E-state index in [0.29, 0.717) is 17.0 Å². The molecule has 0 atom stereocenters. The summed E-state index contributed by atoms with van der Waals surface area (Å²) in [5.74, 6) is 0.492. The van der Waals surface area contributed by atoms with E-state index in [4.69, 9.17) is 15.2 Å². The molecular weight excluding hydrogens is 206 g/mol. The molecule has 0 aliphatic carbocycles. The lowest BCUT2D eigenvalue weighted by Crippen LogP contribution is -2.66. The van der Waals surface area contributed by atoms with Crippen LogP contribution in [0.4, 0.5) is 11.4 Å². The highest BCUT2D eigenvalue weighted by molar-refractivity contribution is 5.60. The number of pyridine rings is 1. The van der Waals surface area contributed by atoms with Gasteiger partial charge in [-0.2, -0.15) is 0 Å². The van der Waals surface area contributed by atoms with Crippen LogP contribution in [0.2, 0.25) is 0 Å². The summed E-state index contributed by atoms with van der Waals surface area (Å²) in [6.07, 6.45) is 1.81. The van der Waals surface area contributed by atoms with Crippen molar-refractivity contribution in [2.45, 2.75) is 0 Å². The first-order chi connectivity index (χ1) is 7.72. The summed E-state index contributed by atoms with van der Waals surface area (Å²) in [5, 5.41) is 0. The fourth-order valence-corrected chi connectivity index (χ4v) is 2.32. The Labute approximate surface area is 94.2 Å². The number of hydrogen-bond acceptors (Lipinski definition) is 5. The van der Waals surface area contributed by atoms with E-state index in [1.807, 2.05) is 12.3 Å². The predicted octanol–water partition coefficient (Wildman–Crippen LogP) is 0.509. The monoisotopic (exact) mass is 221 g/mol. The second kappa shape index (κ2) is 3.25. The molecule has 3 rings (SSSR count). The molecule has 2 aliphatic rings. The highest BCUT2D eigenvalue weighted by Crippen LogP contribution is 2.40. The van der Waals surface area contributed by atoms with Crippen molar-refractivity contribution >= 4 is 11.4 Å². The van der Waals surface area contributed by atoms with Crippen LogP contribution in [-0.2, 0) is 4.74 Å². The van der Waals surface area contributed by atoms with Crippen LogP contribution >= 0.6 is 0 Å². The second-order valence-corrected chi connectivity index (χ2v) is 4.64. The Morgan fingerprint density at radius 2 is 2.25 bits per heavy atom. The average Bonchev–Trinajstić information content (AvgIpc) is 2.13. The van der Waals surface area contributed by atoms with Gasteiger partial charge in [-0.3, -0.25) is 0 Å². The number of rotatable bonds is 2. The first-order valence-electron chi connectivity index (χ1n) is 5.35. The zero-order chi connectivity index (χ0) is 11.2. The standard InChI is InChI=1S/C11H15N3O2/c1-15-10-9(12)2-8(3-13-10)14-4-11(5-14)6-16-7-11/h2-3H,4-7,12H2,1H3. The molecule has 5 heteroatoms. The number of nitrogens with zero attached hydrogens (tertiary/aromatic N) is 2. The van der Waals surface area contributed by atoms with E-state index in [-0.39, 0.29) is 0 Å². The summed E-state index contributed by atoms with van der Waals surface area (Å²) in [7, 11) is 1.57. The normalized spacial score (nSPS) is 21.4. The van der Waals surface area contributed by atoms with Crippen molar-refractivity contribution in [1.29, 1.82) is 0 Å². The fraction of sp³-hybridized carbons (Fsp3) is 0.545. The molecule has 0 aromatic carbocycles. The van der Waals surface area contributed by atoms with Gasteiger partial charge in [-0.1, -0.05) is 0 Å². The van der Waals surface area contributed by atoms with E-state index < -0.39 is 0 Å². The number of nitrogen functional groups attached to an aromatic ring is 1. The van der Waals surface area contributed by atoms with E-state index in [1.165, 1.54) is 0 Å². The van der Waals surface area contributed by atoms with Gasteiger partial charge in [0.05, 0.1) is 43.3 Å². The van der Waals surface area contributed by atoms with Gasteiger partial charge in [-0.25, -0.2) is 4.98 Å². The van der Waals surface area contributed by atoms with Crippen LogP contribution in [0.1, 0.15) is 0 Å². The molecule has 0 saturated carbocycles. The van der Waals surface area contributed by atoms with Crippen molar-refractivity contribution in [3.63, 3.8) is 0 Å². The third-order valence-corrected chi connectivity index (χ3v) is 3.29. The maximum Gasteiger partial charge on any atom is 0.236 e. The lowest BCUT2D eigenvalue weighted by molar-refractivity contribution is -0.127. The number of methoxy groups -OCH3 is 1. The summed E-state index contributed by atoms with van der Waals surface area (Å²) in [5.41, 5.74) is 7.89. The lowest BCUT2D eigenvalue weighted by Gasteiger charge is -2.55. The molecule has 2 N–H and O–H groups in total. The number of nitrogens with two attached hydrogens (primary N) is 1. The van der Waals surface area contributed by atoms with Gasteiger partial charge in [0.2, 0.25) is 5.88 Å². The molecule has 0 amide bonds. The summed E-state index contributed by atoms with van der Waals surface area (Å²) in [6.45, 7) is 3.87. The highest BCUT2D eigenvalue weighted by atomic mass is 16.5. The zero-order valence-corrected chi connectivity index (χ0v) is 9.27. The molecule has 0 bridgehead atoms. The third kappa shape index (κ3) is 1.31. The molecule has 5 nitrogen and oxygen atoms in total. The van der Waals surface area contributed by atoms with Crippen molar-refractivity contribution in [3.05, 3.63) is 12.3 Å². The van der Waals surface area contributed by atoms with Crippen LogP contribution < -0.4 is 15.4 Å². The Hall–Kier alpha value is -1.49. The van der Waals surface area contributed by atoms with E-state index in [0.717, 1.165) is 32.0 Å². The molecule has 0 unspecified atom stereocenters. The number of ether oxygens (including phenoxy) is 2. The Bertz CT molecular complexity index is 410. The summed E-state index contributed by atoms with van der Waals surface area (Å²) < 4.78 is 10.3. The van der Waals surface area contributed by atoms with Crippen molar-refractivity contribution in [2.75, 3.05) is 44.0 Å². The second-order valence-electron chi connectivity index (χ2n) is 4.64. The minimum absolute atomic E-state index is 0.411. The van der Waals surface area contributed by atoms with Gasteiger partial charge in [-0.05, 0) is 6.07 Å². The highest BCUT2D eigenvalue weighted by Gasteiger charge is 2.49. The van der Waals surface area contributed by atoms with Crippen molar-refractivity contribution in [2.24, 2.45) is 5.41 Å². The van der Waals surface area contributed by atoms with Gasteiger partial charge in [0, 0.05) is 13.1 Å². The largest absolute Gasteiger partial charge is 0.480 e. The minimum Gasteiger partial charge on any atom is -0.480 e. The van der Waals surface area contributed by atoms with Gasteiger partial charge in [0.15, 0.2) is 0 Å². The van der Waals surface area contributed by atoms with Crippen LogP contribution in [0.25, 0.3) is 0 Å². The van der Waals surface area contributed by atoms with E-state index in [9.17, 15) is 0 Å².